The zero-order valence-electron chi connectivity index (χ0n) is 14.6. The van der Waals surface area contributed by atoms with Crippen LogP contribution < -0.4 is 14.8 Å². The fraction of sp³-hybridized carbons (Fsp3) is 0.316. The second-order valence-corrected chi connectivity index (χ2v) is 6.77. The molecule has 0 bridgehead atoms. The largest absolute Gasteiger partial charge is 0.493 e. The van der Waals surface area contributed by atoms with Gasteiger partial charge in [-0.3, -0.25) is 4.79 Å². The highest BCUT2D eigenvalue weighted by Gasteiger charge is 2.18. The summed E-state index contributed by atoms with van der Waals surface area (Å²) >= 11 is 2.21. The van der Waals surface area contributed by atoms with E-state index >= 15 is 0 Å². The van der Waals surface area contributed by atoms with Crippen molar-refractivity contribution >= 4 is 28.5 Å². The maximum absolute atomic E-state index is 12.6. The lowest BCUT2D eigenvalue weighted by atomic mass is 10.0. The van der Waals surface area contributed by atoms with Gasteiger partial charge in [-0.25, -0.2) is 0 Å². The standard InChI is InChI=1S/C19H22INO3/c1-11-7-6-8-14(18(11)20)19(22)21-13(3)15-10-17(24-5)16(23-4)9-12(15)2/h6-10,13H,1-5H3,(H,21,22). The Hall–Kier alpha value is -1.76. The van der Waals surface area contributed by atoms with Crippen molar-refractivity contribution in [2.24, 2.45) is 0 Å². The number of rotatable bonds is 5. The molecule has 0 spiro atoms. The second kappa shape index (κ2) is 7.88. The maximum Gasteiger partial charge on any atom is 0.252 e. The van der Waals surface area contributed by atoms with Crippen LogP contribution in [-0.4, -0.2) is 20.1 Å². The van der Waals surface area contributed by atoms with E-state index in [0.29, 0.717) is 17.1 Å². The van der Waals surface area contributed by atoms with Gasteiger partial charge in [0.05, 0.1) is 25.8 Å². The molecule has 24 heavy (non-hydrogen) atoms. The van der Waals surface area contributed by atoms with Crippen molar-refractivity contribution in [2.75, 3.05) is 14.2 Å². The number of carbonyl (C=O) groups excluding carboxylic acids is 1. The highest BCUT2D eigenvalue weighted by Crippen LogP contribution is 2.33. The van der Waals surface area contributed by atoms with Crippen LogP contribution in [-0.2, 0) is 0 Å². The van der Waals surface area contributed by atoms with Crippen molar-refractivity contribution in [2.45, 2.75) is 26.8 Å². The number of nitrogens with one attached hydrogen (secondary N) is 1. The van der Waals surface area contributed by atoms with Gasteiger partial charge in [-0.2, -0.15) is 0 Å². The van der Waals surface area contributed by atoms with E-state index < -0.39 is 0 Å². The number of hydrogen-bond donors (Lipinski definition) is 1. The lowest BCUT2D eigenvalue weighted by Crippen LogP contribution is -2.28. The summed E-state index contributed by atoms with van der Waals surface area (Å²) in [5, 5.41) is 3.07. The minimum absolute atomic E-state index is 0.0789. The number of ether oxygens (including phenoxy) is 2. The minimum atomic E-state index is -0.145. The Morgan fingerprint density at radius 1 is 1.08 bits per heavy atom. The van der Waals surface area contributed by atoms with Crippen molar-refractivity contribution in [1.29, 1.82) is 0 Å². The maximum atomic E-state index is 12.6. The summed E-state index contributed by atoms with van der Waals surface area (Å²) in [4.78, 5) is 12.6. The number of amides is 1. The molecule has 0 saturated carbocycles. The Bertz CT molecular complexity index is 759. The van der Waals surface area contributed by atoms with Gasteiger partial charge in [0.2, 0.25) is 0 Å². The zero-order chi connectivity index (χ0) is 17.9. The van der Waals surface area contributed by atoms with Gasteiger partial charge in [-0.1, -0.05) is 12.1 Å². The predicted octanol–water partition coefficient (Wildman–Crippen LogP) is 4.42. The van der Waals surface area contributed by atoms with Gasteiger partial charge in [-0.15, -0.1) is 0 Å². The highest BCUT2D eigenvalue weighted by atomic mass is 127. The summed E-state index contributed by atoms with van der Waals surface area (Å²) in [6, 6.07) is 9.44. The molecule has 2 aromatic rings. The molecule has 2 rings (SSSR count). The number of benzene rings is 2. The molecule has 0 radical (unpaired) electrons. The molecule has 2 aromatic carbocycles. The van der Waals surface area contributed by atoms with Crippen LogP contribution in [0, 0.1) is 17.4 Å². The van der Waals surface area contributed by atoms with Gasteiger partial charge >= 0.3 is 0 Å². The number of methoxy groups -OCH3 is 2. The first kappa shape index (κ1) is 18.6. The Kier molecular flexibility index (Phi) is 6.10. The summed E-state index contributed by atoms with van der Waals surface area (Å²) in [5.41, 5.74) is 3.84. The van der Waals surface area contributed by atoms with E-state index in [4.69, 9.17) is 9.47 Å². The van der Waals surface area contributed by atoms with Crippen molar-refractivity contribution in [3.05, 3.63) is 56.2 Å². The molecule has 1 amide bonds. The van der Waals surface area contributed by atoms with Crippen LogP contribution in [0.3, 0.4) is 0 Å². The Morgan fingerprint density at radius 3 is 2.33 bits per heavy atom. The molecule has 128 valence electrons. The van der Waals surface area contributed by atoms with Crippen molar-refractivity contribution in [1.82, 2.24) is 5.32 Å². The van der Waals surface area contributed by atoms with Crippen LogP contribution in [0.5, 0.6) is 11.5 Å². The summed E-state index contributed by atoms with van der Waals surface area (Å²) in [5.74, 6) is 1.26. The lowest BCUT2D eigenvalue weighted by Gasteiger charge is -2.19. The molecule has 1 N–H and O–H groups in total. The van der Waals surface area contributed by atoms with Gasteiger partial charge in [0.25, 0.3) is 5.91 Å². The molecule has 1 atom stereocenters. The van der Waals surface area contributed by atoms with Crippen LogP contribution in [0.2, 0.25) is 0 Å². The molecule has 0 aliphatic carbocycles. The number of halogens is 1. The van der Waals surface area contributed by atoms with E-state index in [9.17, 15) is 4.79 Å². The third kappa shape index (κ3) is 3.83. The first-order valence-corrected chi connectivity index (χ1v) is 8.75. The number of carbonyl (C=O) groups is 1. The third-order valence-electron chi connectivity index (χ3n) is 4.02. The van der Waals surface area contributed by atoms with Gasteiger partial charge in [0, 0.05) is 3.57 Å². The van der Waals surface area contributed by atoms with Crippen molar-refractivity contribution < 1.29 is 14.3 Å². The van der Waals surface area contributed by atoms with E-state index in [1.54, 1.807) is 14.2 Å². The van der Waals surface area contributed by atoms with Crippen LogP contribution in [0.1, 0.15) is 40.0 Å². The molecule has 0 fully saturated rings. The molecule has 5 heteroatoms. The van der Waals surface area contributed by atoms with Crippen LogP contribution in [0.25, 0.3) is 0 Å². The van der Waals surface area contributed by atoms with E-state index in [1.807, 2.05) is 51.1 Å². The molecule has 0 aliphatic heterocycles. The van der Waals surface area contributed by atoms with Crippen LogP contribution in [0.15, 0.2) is 30.3 Å². The molecular weight excluding hydrogens is 417 g/mol. The van der Waals surface area contributed by atoms with Gasteiger partial charge in [-0.05, 0) is 78.3 Å². The van der Waals surface area contributed by atoms with E-state index in [2.05, 4.69) is 27.9 Å². The molecular formula is C19H22INO3. The summed E-state index contributed by atoms with van der Waals surface area (Å²) < 4.78 is 11.7. The number of hydrogen-bond acceptors (Lipinski definition) is 3. The highest BCUT2D eigenvalue weighted by molar-refractivity contribution is 14.1. The smallest absolute Gasteiger partial charge is 0.252 e. The molecule has 0 aliphatic rings. The Balaban J connectivity index is 2.28. The fourth-order valence-corrected chi connectivity index (χ4v) is 3.24. The van der Waals surface area contributed by atoms with Gasteiger partial charge in [0.15, 0.2) is 11.5 Å². The van der Waals surface area contributed by atoms with Crippen LogP contribution >= 0.6 is 22.6 Å². The normalized spacial score (nSPS) is 11.8. The zero-order valence-corrected chi connectivity index (χ0v) is 16.7. The third-order valence-corrected chi connectivity index (χ3v) is 5.45. The quantitative estimate of drug-likeness (QED) is 0.702. The average molecular weight is 439 g/mol. The molecule has 0 heterocycles. The van der Waals surface area contributed by atoms with Crippen LogP contribution in [0.4, 0.5) is 0 Å². The fourth-order valence-electron chi connectivity index (χ4n) is 2.64. The summed E-state index contributed by atoms with van der Waals surface area (Å²) in [6.07, 6.45) is 0. The Labute approximate surface area is 156 Å². The number of aryl methyl sites for hydroxylation is 2. The van der Waals surface area contributed by atoms with E-state index in [1.165, 1.54) is 0 Å². The molecule has 0 aromatic heterocycles. The monoisotopic (exact) mass is 439 g/mol. The summed E-state index contributed by atoms with van der Waals surface area (Å²) in [7, 11) is 3.22. The SMILES string of the molecule is COc1cc(C)c(C(C)NC(=O)c2cccc(C)c2I)cc1OC. The van der Waals surface area contributed by atoms with Crippen molar-refractivity contribution in [3.63, 3.8) is 0 Å². The summed E-state index contributed by atoms with van der Waals surface area (Å²) in [6.45, 7) is 5.96. The predicted molar refractivity (Wildman–Crippen MR) is 104 cm³/mol. The molecule has 4 nitrogen and oxygen atoms in total. The van der Waals surface area contributed by atoms with Gasteiger partial charge < -0.3 is 14.8 Å². The first-order valence-electron chi connectivity index (χ1n) is 7.67. The van der Waals surface area contributed by atoms with E-state index in [0.717, 1.165) is 20.3 Å². The first-order chi connectivity index (χ1) is 11.4. The lowest BCUT2D eigenvalue weighted by molar-refractivity contribution is 0.0938. The minimum Gasteiger partial charge on any atom is -0.493 e. The Morgan fingerprint density at radius 2 is 1.71 bits per heavy atom. The molecule has 0 saturated heterocycles. The van der Waals surface area contributed by atoms with Gasteiger partial charge in [0.1, 0.15) is 0 Å². The van der Waals surface area contributed by atoms with E-state index in [-0.39, 0.29) is 11.9 Å². The topological polar surface area (TPSA) is 47.6 Å². The second-order valence-electron chi connectivity index (χ2n) is 5.70. The molecule has 1 unspecified atom stereocenters. The van der Waals surface area contributed by atoms with Crippen molar-refractivity contribution in [3.8, 4) is 11.5 Å². The average Bonchev–Trinajstić information content (AvgIpc) is 2.56.